The third-order valence-electron chi connectivity index (χ3n) is 2.63. The summed E-state index contributed by atoms with van der Waals surface area (Å²) in [5.74, 6) is 1.16. The number of rotatable bonds is 5. The van der Waals surface area contributed by atoms with Crippen LogP contribution in [0.5, 0.6) is 11.5 Å². The van der Waals surface area contributed by atoms with Gasteiger partial charge in [0.2, 0.25) is 0 Å². The molecule has 0 aromatic heterocycles. The molecular weight excluding hydrogens is 245 g/mol. The summed E-state index contributed by atoms with van der Waals surface area (Å²) in [5.41, 5.74) is 6.90. The molecule has 0 fully saturated rings. The Morgan fingerprint density at radius 2 is 1.63 bits per heavy atom. The van der Waals surface area contributed by atoms with E-state index < -0.39 is 0 Å². The van der Waals surface area contributed by atoms with E-state index in [1.54, 1.807) is 12.1 Å². The fourth-order valence-electron chi connectivity index (χ4n) is 1.66. The van der Waals surface area contributed by atoms with Crippen molar-refractivity contribution in [2.45, 2.75) is 13.5 Å². The summed E-state index contributed by atoms with van der Waals surface area (Å²) in [5, 5.41) is 0. The third kappa shape index (κ3) is 3.61. The lowest BCUT2D eigenvalue weighted by molar-refractivity contribution is 0.304. The van der Waals surface area contributed by atoms with Gasteiger partial charge in [0.05, 0.1) is 6.61 Å². The van der Waals surface area contributed by atoms with E-state index >= 15 is 0 Å². The lowest BCUT2D eigenvalue weighted by Crippen LogP contribution is -2.01. The Morgan fingerprint density at radius 1 is 1.00 bits per heavy atom. The Balaban J connectivity index is 2.00. The molecule has 0 aliphatic carbocycles. The fraction of sp³-hybridized carbons (Fsp3) is 0.200. The van der Waals surface area contributed by atoms with Crippen molar-refractivity contribution in [2.24, 2.45) is 0 Å². The standard InChI is InChI=1S/C15H16FNO2/c1-2-18-13-4-6-14(7-5-13)19-10-11-9-12(16)3-8-15(11)17/h3-9H,2,10,17H2,1H3. The number of nitrogen functional groups attached to an aromatic ring is 1. The van der Waals surface area contributed by atoms with Crippen LogP contribution in [0.4, 0.5) is 10.1 Å². The predicted octanol–water partition coefficient (Wildman–Crippen LogP) is 3.39. The van der Waals surface area contributed by atoms with Crippen molar-refractivity contribution in [2.75, 3.05) is 12.3 Å². The summed E-state index contributed by atoms with van der Waals surface area (Å²) < 4.78 is 24.0. The maximum Gasteiger partial charge on any atom is 0.123 e. The minimum absolute atomic E-state index is 0.234. The van der Waals surface area contributed by atoms with E-state index in [-0.39, 0.29) is 12.4 Å². The zero-order valence-electron chi connectivity index (χ0n) is 10.7. The number of nitrogens with two attached hydrogens (primary N) is 1. The zero-order valence-corrected chi connectivity index (χ0v) is 10.7. The summed E-state index contributed by atoms with van der Waals surface area (Å²) in [7, 11) is 0. The van der Waals surface area contributed by atoms with Gasteiger partial charge in [-0.1, -0.05) is 0 Å². The molecule has 19 heavy (non-hydrogen) atoms. The molecule has 3 nitrogen and oxygen atoms in total. The largest absolute Gasteiger partial charge is 0.494 e. The van der Waals surface area contributed by atoms with E-state index in [0.717, 1.165) is 5.75 Å². The van der Waals surface area contributed by atoms with Crippen molar-refractivity contribution in [3.8, 4) is 11.5 Å². The molecule has 2 aromatic rings. The van der Waals surface area contributed by atoms with Gasteiger partial charge in [-0.05, 0) is 49.4 Å². The molecule has 0 spiro atoms. The number of halogens is 1. The lowest BCUT2D eigenvalue weighted by Gasteiger charge is -2.09. The SMILES string of the molecule is CCOc1ccc(OCc2cc(F)ccc2N)cc1. The third-order valence-corrected chi connectivity index (χ3v) is 2.63. The second-order valence-electron chi connectivity index (χ2n) is 4.04. The first-order valence-electron chi connectivity index (χ1n) is 6.08. The predicted molar refractivity (Wildman–Crippen MR) is 72.8 cm³/mol. The molecule has 0 aliphatic rings. The first-order valence-corrected chi connectivity index (χ1v) is 6.08. The number of hydrogen-bond acceptors (Lipinski definition) is 3. The van der Waals surface area contributed by atoms with E-state index in [1.807, 2.05) is 19.1 Å². The molecule has 2 aromatic carbocycles. The molecule has 0 saturated heterocycles. The summed E-state index contributed by atoms with van der Waals surface area (Å²) in [6, 6.07) is 11.5. The number of anilines is 1. The van der Waals surface area contributed by atoms with Crippen molar-refractivity contribution < 1.29 is 13.9 Å². The van der Waals surface area contributed by atoms with Crippen molar-refractivity contribution >= 4 is 5.69 Å². The molecule has 0 unspecified atom stereocenters. The van der Waals surface area contributed by atoms with Gasteiger partial charge in [0.1, 0.15) is 23.9 Å². The van der Waals surface area contributed by atoms with Crippen LogP contribution in [-0.4, -0.2) is 6.61 Å². The lowest BCUT2D eigenvalue weighted by atomic mass is 10.2. The van der Waals surface area contributed by atoms with E-state index in [0.29, 0.717) is 23.6 Å². The molecule has 0 radical (unpaired) electrons. The Kier molecular flexibility index (Phi) is 4.23. The summed E-state index contributed by atoms with van der Waals surface area (Å²) in [6.07, 6.45) is 0. The summed E-state index contributed by atoms with van der Waals surface area (Å²) in [4.78, 5) is 0. The molecule has 2 N–H and O–H groups in total. The van der Waals surface area contributed by atoms with Crippen LogP contribution >= 0.6 is 0 Å². The average Bonchev–Trinajstić information content (AvgIpc) is 2.42. The van der Waals surface area contributed by atoms with Crippen molar-refractivity contribution in [1.82, 2.24) is 0 Å². The second-order valence-corrected chi connectivity index (χ2v) is 4.04. The first-order chi connectivity index (χ1) is 9.19. The van der Waals surface area contributed by atoms with Crippen LogP contribution in [-0.2, 0) is 6.61 Å². The molecule has 100 valence electrons. The summed E-state index contributed by atoms with van der Waals surface area (Å²) >= 11 is 0. The van der Waals surface area contributed by atoms with E-state index in [2.05, 4.69) is 0 Å². The normalized spacial score (nSPS) is 10.2. The highest BCUT2D eigenvalue weighted by molar-refractivity contribution is 5.46. The zero-order chi connectivity index (χ0) is 13.7. The van der Waals surface area contributed by atoms with Crippen molar-refractivity contribution in [1.29, 1.82) is 0 Å². The van der Waals surface area contributed by atoms with Gasteiger partial charge >= 0.3 is 0 Å². The van der Waals surface area contributed by atoms with Gasteiger partial charge in [-0.15, -0.1) is 0 Å². The van der Waals surface area contributed by atoms with Crippen LogP contribution in [0.2, 0.25) is 0 Å². The smallest absolute Gasteiger partial charge is 0.123 e. The van der Waals surface area contributed by atoms with E-state index in [4.69, 9.17) is 15.2 Å². The highest BCUT2D eigenvalue weighted by Crippen LogP contribution is 2.20. The highest BCUT2D eigenvalue weighted by atomic mass is 19.1. The van der Waals surface area contributed by atoms with Crippen LogP contribution in [0.25, 0.3) is 0 Å². The molecule has 0 amide bonds. The Hall–Kier alpha value is -2.23. The van der Waals surface area contributed by atoms with Crippen LogP contribution in [0.3, 0.4) is 0 Å². The second kappa shape index (κ2) is 6.09. The van der Waals surface area contributed by atoms with Gasteiger partial charge in [0.15, 0.2) is 0 Å². The quantitative estimate of drug-likeness (QED) is 0.839. The van der Waals surface area contributed by atoms with Crippen LogP contribution < -0.4 is 15.2 Å². The maximum atomic E-state index is 13.1. The molecular formula is C15H16FNO2. The Labute approximate surface area is 111 Å². The Bertz CT molecular complexity index is 540. The number of benzene rings is 2. The highest BCUT2D eigenvalue weighted by Gasteiger charge is 2.03. The fourth-order valence-corrected chi connectivity index (χ4v) is 1.66. The van der Waals surface area contributed by atoms with Gasteiger partial charge in [0.25, 0.3) is 0 Å². The van der Waals surface area contributed by atoms with Crippen molar-refractivity contribution in [3.05, 3.63) is 53.8 Å². The number of ether oxygens (including phenoxy) is 2. The van der Waals surface area contributed by atoms with Crippen LogP contribution in [0.1, 0.15) is 12.5 Å². The number of hydrogen-bond donors (Lipinski definition) is 1. The van der Waals surface area contributed by atoms with E-state index in [9.17, 15) is 4.39 Å². The van der Waals surface area contributed by atoms with Gasteiger partial charge in [-0.2, -0.15) is 0 Å². The first kappa shape index (κ1) is 13.2. The van der Waals surface area contributed by atoms with Gasteiger partial charge in [-0.25, -0.2) is 4.39 Å². The molecule has 0 bridgehead atoms. The van der Waals surface area contributed by atoms with Crippen molar-refractivity contribution in [3.63, 3.8) is 0 Å². The molecule has 2 rings (SSSR count). The molecule has 0 aliphatic heterocycles. The van der Waals surface area contributed by atoms with Gasteiger partial charge in [-0.3, -0.25) is 0 Å². The van der Waals surface area contributed by atoms with E-state index in [1.165, 1.54) is 18.2 Å². The Morgan fingerprint density at radius 3 is 2.26 bits per heavy atom. The minimum Gasteiger partial charge on any atom is -0.494 e. The monoisotopic (exact) mass is 261 g/mol. The maximum absolute atomic E-state index is 13.1. The average molecular weight is 261 g/mol. The molecule has 0 atom stereocenters. The topological polar surface area (TPSA) is 44.5 Å². The van der Waals surface area contributed by atoms with Crippen LogP contribution in [0.15, 0.2) is 42.5 Å². The van der Waals surface area contributed by atoms with Gasteiger partial charge < -0.3 is 15.2 Å². The molecule has 0 saturated carbocycles. The van der Waals surface area contributed by atoms with Gasteiger partial charge in [0, 0.05) is 11.3 Å². The summed E-state index contributed by atoms with van der Waals surface area (Å²) in [6.45, 7) is 2.79. The minimum atomic E-state index is -0.320. The molecule has 0 heterocycles. The molecule has 4 heteroatoms. The van der Waals surface area contributed by atoms with Crippen LogP contribution in [0, 0.1) is 5.82 Å².